The topological polar surface area (TPSA) is 35.0 Å². The van der Waals surface area contributed by atoms with Gasteiger partial charge < -0.3 is 4.74 Å². The van der Waals surface area contributed by atoms with Gasteiger partial charge >= 0.3 is 0 Å². The third-order valence-corrected chi connectivity index (χ3v) is 3.28. The van der Waals surface area contributed by atoms with Gasteiger partial charge in [-0.05, 0) is 6.42 Å². The number of rotatable bonds is 5. The molecule has 0 aromatic carbocycles. The number of hydrogen-bond acceptors (Lipinski definition) is 4. The van der Waals surface area contributed by atoms with Gasteiger partial charge in [-0.15, -0.1) is 11.8 Å². The van der Waals surface area contributed by atoms with E-state index in [9.17, 15) is 0 Å². The van der Waals surface area contributed by atoms with E-state index in [1.54, 1.807) is 18.9 Å². The molecule has 96 valence electrons. The highest BCUT2D eigenvalue weighted by Gasteiger charge is 2.18. The molecule has 1 heterocycles. The highest BCUT2D eigenvalue weighted by atomic mass is 35.5. The third kappa shape index (κ3) is 5.23. The fraction of sp³-hybridized carbons (Fsp3) is 0.667. The first-order valence-corrected chi connectivity index (χ1v) is 6.96. The zero-order valence-electron chi connectivity index (χ0n) is 10.8. The molecule has 1 aromatic heterocycles. The maximum Gasteiger partial charge on any atom is 0.136 e. The van der Waals surface area contributed by atoms with Crippen LogP contribution in [0, 0.1) is 0 Å². The normalized spacial score (nSPS) is 11.8. The maximum absolute atomic E-state index is 6.01. The highest BCUT2D eigenvalue weighted by Crippen LogP contribution is 2.25. The van der Waals surface area contributed by atoms with Crippen LogP contribution in [0.25, 0.3) is 0 Å². The number of aromatic nitrogens is 2. The molecule has 17 heavy (non-hydrogen) atoms. The number of hydrogen-bond donors (Lipinski definition) is 0. The van der Waals surface area contributed by atoms with Crippen LogP contribution in [0.3, 0.4) is 0 Å². The van der Waals surface area contributed by atoms with Crippen molar-refractivity contribution in [1.29, 1.82) is 0 Å². The minimum atomic E-state index is -0.0766. The highest BCUT2D eigenvalue weighted by molar-refractivity contribution is 7.99. The van der Waals surface area contributed by atoms with Gasteiger partial charge in [0.2, 0.25) is 0 Å². The SMILES string of the molecule is COCCCSc1cc(Cl)nc(C(C)(C)C)n1. The van der Waals surface area contributed by atoms with E-state index < -0.39 is 0 Å². The van der Waals surface area contributed by atoms with Crippen LogP contribution >= 0.6 is 23.4 Å². The molecule has 3 nitrogen and oxygen atoms in total. The van der Waals surface area contributed by atoms with E-state index in [4.69, 9.17) is 16.3 Å². The van der Waals surface area contributed by atoms with E-state index in [1.807, 2.05) is 6.07 Å². The average Bonchev–Trinajstić information content (AvgIpc) is 2.22. The minimum absolute atomic E-state index is 0.0766. The first kappa shape index (κ1) is 14.7. The molecule has 1 aromatic rings. The predicted molar refractivity (Wildman–Crippen MR) is 73.0 cm³/mol. The Bertz CT molecular complexity index is 366. The molecule has 0 amide bonds. The standard InChI is InChI=1S/C12H19ClN2OS/c1-12(2,3)11-14-9(13)8-10(15-11)17-7-5-6-16-4/h8H,5-7H2,1-4H3. The van der Waals surface area contributed by atoms with Gasteiger partial charge in [-0.2, -0.15) is 0 Å². The van der Waals surface area contributed by atoms with Gasteiger partial charge in [0, 0.05) is 31.0 Å². The molecule has 1 rings (SSSR count). The minimum Gasteiger partial charge on any atom is -0.385 e. The molecule has 0 fully saturated rings. The Morgan fingerprint density at radius 3 is 2.65 bits per heavy atom. The van der Waals surface area contributed by atoms with Crippen molar-refractivity contribution in [2.75, 3.05) is 19.5 Å². The Balaban J connectivity index is 2.69. The van der Waals surface area contributed by atoms with E-state index >= 15 is 0 Å². The Morgan fingerprint density at radius 2 is 2.06 bits per heavy atom. The van der Waals surface area contributed by atoms with E-state index in [0.29, 0.717) is 5.15 Å². The fourth-order valence-corrected chi connectivity index (χ4v) is 2.25. The van der Waals surface area contributed by atoms with E-state index in [2.05, 4.69) is 30.7 Å². The maximum atomic E-state index is 6.01. The zero-order valence-corrected chi connectivity index (χ0v) is 12.4. The molecule has 0 bridgehead atoms. The van der Waals surface area contributed by atoms with Gasteiger partial charge in [-0.3, -0.25) is 0 Å². The Morgan fingerprint density at radius 1 is 1.35 bits per heavy atom. The summed E-state index contributed by atoms with van der Waals surface area (Å²) in [7, 11) is 1.71. The van der Waals surface area contributed by atoms with Crippen molar-refractivity contribution in [3.63, 3.8) is 0 Å². The van der Waals surface area contributed by atoms with Crippen LogP contribution in [0.1, 0.15) is 33.0 Å². The van der Waals surface area contributed by atoms with E-state index in [1.165, 1.54) is 0 Å². The monoisotopic (exact) mass is 274 g/mol. The van der Waals surface area contributed by atoms with Crippen molar-refractivity contribution >= 4 is 23.4 Å². The fourth-order valence-electron chi connectivity index (χ4n) is 1.19. The van der Waals surface area contributed by atoms with Crippen LogP contribution in [-0.2, 0) is 10.2 Å². The molecule has 0 radical (unpaired) electrons. The molecule has 0 atom stereocenters. The summed E-state index contributed by atoms with van der Waals surface area (Å²) in [4.78, 5) is 8.79. The molecule has 5 heteroatoms. The predicted octanol–water partition coefficient (Wildman–Crippen LogP) is 3.56. The summed E-state index contributed by atoms with van der Waals surface area (Å²) in [6, 6.07) is 1.81. The first-order valence-electron chi connectivity index (χ1n) is 5.60. The van der Waals surface area contributed by atoms with Crippen molar-refractivity contribution < 1.29 is 4.74 Å². The summed E-state index contributed by atoms with van der Waals surface area (Å²) >= 11 is 7.70. The Hall–Kier alpha value is -0.320. The number of ether oxygens (including phenoxy) is 1. The first-order chi connectivity index (χ1) is 7.93. The Labute approximate surface area is 112 Å². The second-order valence-corrected chi connectivity index (χ2v) is 6.30. The van der Waals surface area contributed by atoms with Crippen molar-refractivity contribution in [2.24, 2.45) is 0 Å². The molecule has 0 aliphatic heterocycles. The van der Waals surface area contributed by atoms with Crippen molar-refractivity contribution in [3.8, 4) is 0 Å². The van der Waals surface area contributed by atoms with Crippen LogP contribution in [0.15, 0.2) is 11.1 Å². The number of halogens is 1. The largest absolute Gasteiger partial charge is 0.385 e. The summed E-state index contributed by atoms with van der Waals surface area (Å²) in [6.07, 6.45) is 1.01. The van der Waals surface area contributed by atoms with Crippen LogP contribution < -0.4 is 0 Å². The summed E-state index contributed by atoms with van der Waals surface area (Å²) < 4.78 is 5.01. The van der Waals surface area contributed by atoms with Gasteiger partial charge in [0.15, 0.2) is 0 Å². The van der Waals surface area contributed by atoms with Gasteiger partial charge in [-0.1, -0.05) is 32.4 Å². The molecule has 0 saturated heterocycles. The smallest absolute Gasteiger partial charge is 0.136 e. The summed E-state index contributed by atoms with van der Waals surface area (Å²) in [5.41, 5.74) is -0.0766. The van der Waals surface area contributed by atoms with E-state index in [0.717, 1.165) is 29.6 Å². The number of methoxy groups -OCH3 is 1. The number of nitrogens with zero attached hydrogens (tertiary/aromatic N) is 2. The molecular weight excluding hydrogens is 256 g/mol. The lowest BCUT2D eigenvalue weighted by Gasteiger charge is -2.17. The van der Waals surface area contributed by atoms with Gasteiger partial charge in [-0.25, -0.2) is 9.97 Å². The molecule has 0 unspecified atom stereocenters. The summed E-state index contributed by atoms with van der Waals surface area (Å²) in [6.45, 7) is 7.02. The molecular formula is C12H19ClN2OS. The van der Waals surface area contributed by atoms with Crippen molar-refractivity contribution in [1.82, 2.24) is 9.97 Å². The lowest BCUT2D eigenvalue weighted by Crippen LogP contribution is -2.16. The molecule has 0 aliphatic rings. The third-order valence-electron chi connectivity index (χ3n) is 2.08. The van der Waals surface area contributed by atoms with Crippen LogP contribution in [-0.4, -0.2) is 29.4 Å². The lowest BCUT2D eigenvalue weighted by molar-refractivity contribution is 0.200. The Kier molecular flexibility index (Phi) is 5.70. The van der Waals surface area contributed by atoms with Crippen LogP contribution in [0.5, 0.6) is 0 Å². The molecule has 0 spiro atoms. The van der Waals surface area contributed by atoms with Gasteiger partial charge in [0.1, 0.15) is 16.0 Å². The van der Waals surface area contributed by atoms with E-state index in [-0.39, 0.29) is 5.41 Å². The molecule has 0 N–H and O–H groups in total. The average molecular weight is 275 g/mol. The van der Waals surface area contributed by atoms with Gasteiger partial charge in [0.05, 0.1) is 0 Å². The second kappa shape index (κ2) is 6.57. The van der Waals surface area contributed by atoms with Crippen LogP contribution in [0.2, 0.25) is 5.15 Å². The van der Waals surface area contributed by atoms with Crippen molar-refractivity contribution in [2.45, 2.75) is 37.6 Å². The zero-order chi connectivity index (χ0) is 12.9. The summed E-state index contributed by atoms with van der Waals surface area (Å²) in [5, 5.41) is 1.45. The van der Waals surface area contributed by atoms with Gasteiger partial charge in [0.25, 0.3) is 0 Å². The number of thioether (sulfide) groups is 1. The van der Waals surface area contributed by atoms with Crippen LogP contribution in [0.4, 0.5) is 0 Å². The summed E-state index contributed by atoms with van der Waals surface area (Å²) in [5.74, 6) is 1.77. The van der Waals surface area contributed by atoms with Crippen molar-refractivity contribution in [3.05, 3.63) is 17.0 Å². The lowest BCUT2D eigenvalue weighted by atomic mass is 9.96. The second-order valence-electron chi connectivity index (χ2n) is 4.80. The molecule has 0 saturated carbocycles. The molecule has 0 aliphatic carbocycles. The quantitative estimate of drug-likeness (QED) is 0.467.